The second kappa shape index (κ2) is 10.4. The zero-order valence-corrected chi connectivity index (χ0v) is 12.9. The molecule has 0 aliphatic carbocycles. The van der Waals surface area contributed by atoms with Gasteiger partial charge in [0.05, 0.1) is 0 Å². The third-order valence-electron chi connectivity index (χ3n) is 3.01. The van der Waals surface area contributed by atoms with E-state index in [-0.39, 0.29) is 13.1 Å². The van der Waals surface area contributed by atoms with Crippen molar-refractivity contribution in [3.63, 3.8) is 0 Å². The Morgan fingerprint density at radius 1 is 0.900 bits per heavy atom. The summed E-state index contributed by atoms with van der Waals surface area (Å²) in [5.41, 5.74) is 5.37. The Morgan fingerprint density at radius 2 is 1.40 bits per heavy atom. The van der Waals surface area contributed by atoms with Crippen LogP contribution in [0, 0.1) is 0 Å². The molecule has 0 fully saturated rings. The third-order valence-corrected chi connectivity index (χ3v) is 3.01. The predicted octanol–water partition coefficient (Wildman–Crippen LogP) is 0.749. The van der Waals surface area contributed by atoms with Crippen LogP contribution >= 0.6 is 0 Å². The molecule has 0 aromatic rings. The lowest BCUT2D eigenvalue weighted by Crippen LogP contribution is -2.49. The third kappa shape index (κ3) is 6.14. The lowest BCUT2D eigenvalue weighted by molar-refractivity contribution is -0.156. The van der Waals surface area contributed by atoms with Crippen LogP contribution in [0.2, 0.25) is 0 Å². The predicted molar refractivity (Wildman–Crippen MR) is 77.8 cm³/mol. The largest absolute Gasteiger partial charge is 0.334 e. The highest BCUT2D eigenvalue weighted by molar-refractivity contribution is 6.37. The molecular weight excluding hydrogens is 258 g/mol. The zero-order valence-electron chi connectivity index (χ0n) is 12.9. The van der Waals surface area contributed by atoms with Gasteiger partial charge in [-0.3, -0.25) is 19.3 Å². The minimum atomic E-state index is -0.768. The fraction of sp³-hybridized carbons (Fsp3) is 0.786. The van der Waals surface area contributed by atoms with E-state index < -0.39 is 17.7 Å². The van der Waals surface area contributed by atoms with Gasteiger partial charge in [0.2, 0.25) is 5.91 Å². The molecule has 3 amide bonds. The molecule has 0 aromatic carbocycles. The summed E-state index contributed by atoms with van der Waals surface area (Å²) in [5, 5.41) is 0. The van der Waals surface area contributed by atoms with Crippen molar-refractivity contribution in [1.29, 1.82) is 0 Å². The van der Waals surface area contributed by atoms with Gasteiger partial charge in [-0.1, -0.05) is 26.7 Å². The van der Waals surface area contributed by atoms with E-state index in [9.17, 15) is 14.4 Å². The minimum Gasteiger partial charge on any atom is -0.334 e. The summed E-state index contributed by atoms with van der Waals surface area (Å²) in [4.78, 5) is 38.2. The number of hydrogen-bond acceptors (Lipinski definition) is 4. The molecule has 0 unspecified atom stereocenters. The number of carbonyl (C=O) groups excluding carboxylic acids is 3. The monoisotopic (exact) mass is 285 g/mol. The van der Waals surface area contributed by atoms with Crippen LogP contribution in [-0.2, 0) is 14.4 Å². The highest BCUT2D eigenvalue weighted by atomic mass is 16.2. The van der Waals surface area contributed by atoms with Gasteiger partial charge in [0, 0.05) is 33.1 Å². The van der Waals surface area contributed by atoms with E-state index >= 15 is 0 Å². The molecule has 0 spiro atoms. The normalized spacial score (nSPS) is 10.2. The molecule has 2 N–H and O–H groups in total. The van der Waals surface area contributed by atoms with Crippen molar-refractivity contribution >= 4 is 17.7 Å². The number of nitrogens with two attached hydrogens (primary N) is 1. The van der Waals surface area contributed by atoms with Gasteiger partial charge in [-0.25, -0.2) is 0 Å². The van der Waals surface area contributed by atoms with Crippen molar-refractivity contribution in [1.82, 2.24) is 9.80 Å². The number of rotatable bonds is 8. The van der Waals surface area contributed by atoms with Crippen LogP contribution in [0.3, 0.4) is 0 Å². The summed E-state index contributed by atoms with van der Waals surface area (Å²) in [6.45, 7) is 6.66. The molecule has 6 nitrogen and oxygen atoms in total. The van der Waals surface area contributed by atoms with Crippen LogP contribution in [0.15, 0.2) is 0 Å². The van der Waals surface area contributed by atoms with Crippen molar-refractivity contribution in [3.8, 4) is 0 Å². The first-order valence-electron chi connectivity index (χ1n) is 7.30. The number of amides is 3. The molecule has 0 aliphatic heterocycles. The summed E-state index contributed by atoms with van der Waals surface area (Å²) in [6, 6.07) is 0. The Morgan fingerprint density at radius 3 is 1.75 bits per heavy atom. The van der Waals surface area contributed by atoms with Gasteiger partial charge >= 0.3 is 11.8 Å². The molecule has 0 radical (unpaired) electrons. The topological polar surface area (TPSA) is 83.7 Å². The number of unbranched alkanes of at least 4 members (excludes halogenated alkanes) is 2. The van der Waals surface area contributed by atoms with E-state index in [4.69, 9.17) is 5.73 Å². The first-order chi connectivity index (χ1) is 9.49. The number of carbonyl (C=O) groups is 3. The standard InChI is InChI=1S/C14H27N3O3/c1-4-6-9-16(10-7-5-2)13(19)14(20)17(11-8-15)12(3)18/h4-11,15H2,1-3H3. The van der Waals surface area contributed by atoms with Gasteiger partial charge < -0.3 is 10.6 Å². The lowest BCUT2D eigenvalue weighted by Gasteiger charge is -2.25. The average molecular weight is 285 g/mol. The molecule has 20 heavy (non-hydrogen) atoms. The Kier molecular flexibility index (Phi) is 9.63. The summed E-state index contributed by atoms with van der Waals surface area (Å²) in [7, 11) is 0. The van der Waals surface area contributed by atoms with Crippen molar-refractivity contribution in [2.45, 2.75) is 46.5 Å². The van der Waals surface area contributed by atoms with Gasteiger partial charge in [-0.15, -0.1) is 0 Å². The maximum atomic E-state index is 12.2. The Bertz CT molecular complexity index is 324. The van der Waals surface area contributed by atoms with Crippen LogP contribution in [0.4, 0.5) is 0 Å². The van der Waals surface area contributed by atoms with E-state index in [2.05, 4.69) is 0 Å². The van der Waals surface area contributed by atoms with E-state index in [1.54, 1.807) is 4.90 Å². The Hall–Kier alpha value is -1.43. The van der Waals surface area contributed by atoms with E-state index in [0.717, 1.165) is 30.6 Å². The molecule has 6 heteroatoms. The van der Waals surface area contributed by atoms with E-state index in [1.165, 1.54) is 6.92 Å². The number of hydrogen-bond donors (Lipinski definition) is 1. The number of imide groups is 1. The van der Waals surface area contributed by atoms with Crippen molar-refractivity contribution in [2.75, 3.05) is 26.2 Å². The average Bonchev–Trinajstić information content (AvgIpc) is 2.43. The smallest absolute Gasteiger partial charge is 0.318 e. The van der Waals surface area contributed by atoms with Crippen LogP contribution in [0.1, 0.15) is 46.5 Å². The molecule has 116 valence electrons. The van der Waals surface area contributed by atoms with Gasteiger partial charge in [-0.05, 0) is 12.8 Å². The molecule has 0 rings (SSSR count). The maximum absolute atomic E-state index is 12.2. The summed E-state index contributed by atoms with van der Waals surface area (Å²) in [6.07, 6.45) is 3.59. The van der Waals surface area contributed by atoms with Crippen molar-refractivity contribution < 1.29 is 14.4 Å². The summed E-state index contributed by atoms with van der Waals surface area (Å²) in [5.74, 6) is -1.81. The van der Waals surface area contributed by atoms with Gasteiger partial charge in [-0.2, -0.15) is 0 Å². The van der Waals surface area contributed by atoms with Gasteiger partial charge in [0.1, 0.15) is 0 Å². The highest BCUT2D eigenvalue weighted by Crippen LogP contribution is 2.03. The first kappa shape index (κ1) is 18.6. The zero-order chi connectivity index (χ0) is 15.5. The van der Waals surface area contributed by atoms with E-state index in [0.29, 0.717) is 13.1 Å². The Labute approximate surface area is 121 Å². The van der Waals surface area contributed by atoms with E-state index in [1.807, 2.05) is 13.8 Å². The molecular formula is C14H27N3O3. The van der Waals surface area contributed by atoms with Crippen LogP contribution in [-0.4, -0.2) is 53.7 Å². The molecule has 0 atom stereocenters. The quantitative estimate of drug-likeness (QED) is 0.667. The van der Waals surface area contributed by atoms with Crippen molar-refractivity contribution in [2.24, 2.45) is 5.73 Å². The van der Waals surface area contributed by atoms with Crippen molar-refractivity contribution in [3.05, 3.63) is 0 Å². The second-order valence-corrected chi connectivity index (χ2v) is 4.76. The van der Waals surface area contributed by atoms with Crippen LogP contribution < -0.4 is 5.73 Å². The molecule has 0 heterocycles. The first-order valence-corrected chi connectivity index (χ1v) is 7.30. The summed E-state index contributed by atoms with van der Waals surface area (Å²) < 4.78 is 0. The highest BCUT2D eigenvalue weighted by Gasteiger charge is 2.28. The van der Waals surface area contributed by atoms with Gasteiger partial charge in [0.15, 0.2) is 0 Å². The molecule has 0 saturated carbocycles. The minimum absolute atomic E-state index is 0.0787. The fourth-order valence-corrected chi connectivity index (χ4v) is 1.79. The fourth-order valence-electron chi connectivity index (χ4n) is 1.79. The second-order valence-electron chi connectivity index (χ2n) is 4.76. The molecule has 0 saturated heterocycles. The maximum Gasteiger partial charge on any atom is 0.318 e. The summed E-state index contributed by atoms with van der Waals surface area (Å²) >= 11 is 0. The molecule has 0 aliphatic rings. The van der Waals surface area contributed by atoms with Gasteiger partial charge in [0.25, 0.3) is 0 Å². The SMILES string of the molecule is CCCCN(CCCC)C(=O)C(=O)N(CCN)C(C)=O. The molecule has 0 aromatic heterocycles. The van der Waals surface area contributed by atoms with Crippen LogP contribution in [0.5, 0.6) is 0 Å². The van der Waals surface area contributed by atoms with Crippen LogP contribution in [0.25, 0.3) is 0 Å². The number of nitrogens with zero attached hydrogens (tertiary/aromatic N) is 2. The Balaban J connectivity index is 4.82. The lowest BCUT2D eigenvalue weighted by atomic mass is 10.2. The molecule has 0 bridgehead atoms.